The van der Waals surface area contributed by atoms with Crippen LogP contribution in [-0.4, -0.2) is 27.4 Å². The predicted octanol–water partition coefficient (Wildman–Crippen LogP) is 3.43. The molecule has 2 aromatic carbocycles. The molecule has 0 aliphatic rings. The molecule has 0 heterocycles. The number of hydrogen-bond acceptors (Lipinski definition) is 3. The molecule has 0 atom stereocenters. The monoisotopic (exact) mass is 398 g/mol. The van der Waals surface area contributed by atoms with E-state index in [4.69, 9.17) is 11.6 Å². The van der Waals surface area contributed by atoms with Crippen molar-refractivity contribution in [3.05, 3.63) is 58.4 Å². The average Bonchev–Trinajstić information content (AvgIpc) is 2.56. The van der Waals surface area contributed by atoms with Gasteiger partial charge in [0.2, 0.25) is 15.9 Å². The molecule has 0 aromatic heterocycles. The van der Waals surface area contributed by atoms with Crippen LogP contribution in [0, 0.1) is 19.7 Å². The number of nitrogens with one attached hydrogen (secondary N) is 1. The van der Waals surface area contributed by atoms with Crippen LogP contribution in [0.15, 0.2) is 41.3 Å². The first-order valence-corrected chi connectivity index (χ1v) is 9.78. The molecule has 0 bridgehead atoms. The van der Waals surface area contributed by atoms with E-state index >= 15 is 0 Å². The minimum atomic E-state index is -3.71. The van der Waals surface area contributed by atoms with Gasteiger partial charge in [-0.05, 0) is 49.2 Å². The van der Waals surface area contributed by atoms with Crippen molar-refractivity contribution in [3.63, 3.8) is 0 Å². The fourth-order valence-electron chi connectivity index (χ4n) is 2.49. The summed E-state index contributed by atoms with van der Waals surface area (Å²) in [5, 5.41) is -0.107. The van der Waals surface area contributed by atoms with Crippen LogP contribution in [0.3, 0.4) is 0 Å². The van der Waals surface area contributed by atoms with Gasteiger partial charge in [-0.3, -0.25) is 4.79 Å². The van der Waals surface area contributed by atoms with Crippen LogP contribution in [0.5, 0.6) is 0 Å². The summed E-state index contributed by atoms with van der Waals surface area (Å²) in [6.45, 7) is 4.97. The highest BCUT2D eigenvalue weighted by molar-refractivity contribution is 7.89. The lowest BCUT2D eigenvalue weighted by Crippen LogP contribution is -2.37. The van der Waals surface area contributed by atoms with E-state index in [0.29, 0.717) is 11.3 Å². The highest BCUT2D eigenvalue weighted by atomic mass is 35.5. The molecular weight excluding hydrogens is 379 g/mol. The number of benzene rings is 2. The Morgan fingerprint density at radius 3 is 2.50 bits per heavy atom. The Balaban J connectivity index is 2.13. The predicted molar refractivity (Wildman–Crippen MR) is 101 cm³/mol. The fourth-order valence-corrected chi connectivity index (χ4v) is 4.01. The summed E-state index contributed by atoms with van der Waals surface area (Å²) in [5.41, 5.74) is 1.87. The molecule has 0 radical (unpaired) electrons. The molecule has 0 spiro atoms. The summed E-state index contributed by atoms with van der Waals surface area (Å²) < 4.78 is 40.8. The fraction of sp³-hybridized carbons (Fsp3) is 0.278. The zero-order valence-electron chi connectivity index (χ0n) is 14.7. The number of nitrogens with zero attached hydrogens (tertiary/aromatic N) is 1. The van der Waals surface area contributed by atoms with Crippen molar-refractivity contribution in [2.75, 3.05) is 18.0 Å². The zero-order valence-corrected chi connectivity index (χ0v) is 16.3. The minimum absolute atomic E-state index is 0.00426. The topological polar surface area (TPSA) is 66.5 Å². The van der Waals surface area contributed by atoms with Gasteiger partial charge in [-0.1, -0.05) is 23.7 Å². The Kier molecular flexibility index (Phi) is 6.39. The lowest BCUT2D eigenvalue weighted by atomic mass is 10.2. The van der Waals surface area contributed by atoms with E-state index in [9.17, 15) is 17.6 Å². The van der Waals surface area contributed by atoms with Crippen molar-refractivity contribution in [2.45, 2.75) is 25.7 Å². The first-order valence-electron chi connectivity index (χ1n) is 7.92. The molecule has 0 fully saturated rings. The number of aryl methyl sites for hydroxylation is 2. The van der Waals surface area contributed by atoms with Crippen LogP contribution >= 0.6 is 11.6 Å². The van der Waals surface area contributed by atoms with E-state index in [1.54, 1.807) is 19.1 Å². The van der Waals surface area contributed by atoms with Gasteiger partial charge < -0.3 is 4.90 Å². The number of carbonyl (C=O) groups is 1. The third-order valence-electron chi connectivity index (χ3n) is 3.86. The van der Waals surface area contributed by atoms with Crippen molar-refractivity contribution < 1.29 is 17.6 Å². The van der Waals surface area contributed by atoms with E-state index in [0.717, 1.165) is 11.6 Å². The van der Waals surface area contributed by atoms with Crippen LogP contribution in [0.2, 0.25) is 5.02 Å². The molecule has 8 heteroatoms. The van der Waals surface area contributed by atoms with E-state index in [1.807, 2.05) is 13.0 Å². The van der Waals surface area contributed by atoms with E-state index in [2.05, 4.69) is 4.72 Å². The number of hydrogen-bond donors (Lipinski definition) is 1. The lowest BCUT2D eigenvalue weighted by molar-refractivity contribution is -0.116. The number of halogens is 2. The van der Waals surface area contributed by atoms with Crippen LogP contribution in [-0.2, 0) is 14.8 Å². The number of rotatable bonds is 6. The summed E-state index contributed by atoms with van der Waals surface area (Å²) in [5.74, 6) is -0.895. The van der Waals surface area contributed by atoms with Gasteiger partial charge in [0.1, 0.15) is 5.82 Å². The van der Waals surface area contributed by atoms with Gasteiger partial charge in [0.05, 0.1) is 9.92 Å². The molecule has 2 rings (SSSR count). The summed E-state index contributed by atoms with van der Waals surface area (Å²) >= 11 is 5.76. The molecule has 1 amide bonds. The molecule has 140 valence electrons. The average molecular weight is 399 g/mol. The smallest absolute Gasteiger partial charge is 0.240 e. The van der Waals surface area contributed by atoms with Gasteiger partial charge in [0, 0.05) is 25.7 Å². The molecule has 0 saturated carbocycles. The normalized spacial score (nSPS) is 11.4. The Morgan fingerprint density at radius 2 is 1.88 bits per heavy atom. The number of anilines is 1. The van der Waals surface area contributed by atoms with E-state index < -0.39 is 15.8 Å². The van der Waals surface area contributed by atoms with Gasteiger partial charge in [-0.25, -0.2) is 17.5 Å². The Morgan fingerprint density at radius 1 is 1.19 bits per heavy atom. The molecule has 26 heavy (non-hydrogen) atoms. The van der Waals surface area contributed by atoms with Crippen LogP contribution in [0.1, 0.15) is 18.1 Å². The highest BCUT2D eigenvalue weighted by Crippen LogP contribution is 2.23. The maximum absolute atomic E-state index is 13.3. The van der Waals surface area contributed by atoms with Crippen molar-refractivity contribution >= 4 is 33.2 Å². The van der Waals surface area contributed by atoms with Gasteiger partial charge in [-0.15, -0.1) is 0 Å². The molecular formula is C18H20ClFN2O3S. The van der Waals surface area contributed by atoms with Gasteiger partial charge in [0.25, 0.3) is 0 Å². The quantitative estimate of drug-likeness (QED) is 0.810. The van der Waals surface area contributed by atoms with Crippen molar-refractivity contribution in [1.29, 1.82) is 0 Å². The van der Waals surface area contributed by atoms with Crippen LogP contribution in [0.25, 0.3) is 0 Å². The third-order valence-corrected chi connectivity index (χ3v) is 5.75. The molecule has 5 nitrogen and oxygen atoms in total. The van der Waals surface area contributed by atoms with Crippen LogP contribution < -0.4 is 9.62 Å². The van der Waals surface area contributed by atoms with Gasteiger partial charge >= 0.3 is 0 Å². The SMILES string of the molecule is CC(=O)N(CCNS(=O)(=O)c1cc(C)ccc1C)c1ccc(F)c(Cl)c1. The number of carbonyl (C=O) groups excluding carboxylic acids is 1. The Labute approximate surface area is 157 Å². The van der Waals surface area contributed by atoms with Crippen molar-refractivity contribution in [1.82, 2.24) is 4.72 Å². The maximum atomic E-state index is 13.3. The Bertz CT molecular complexity index is 932. The van der Waals surface area contributed by atoms with Crippen molar-refractivity contribution in [3.8, 4) is 0 Å². The van der Waals surface area contributed by atoms with Gasteiger partial charge in [-0.2, -0.15) is 0 Å². The van der Waals surface area contributed by atoms with E-state index in [1.165, 1.54) is 24.0 Å². The zero-order chi connectivity index (χ0) is 19.5. The molecule has 1 N–H and O–H groups in total. The largest absolute Gasteiger partial charge is 0.311 e. The van der Waals surface area contributed by atoms with Crippen LogP contribution in [0.4, 0.5) is 10.1 Å². The molecule has 0 unspecified atom stereocenters. The molecule has 0 saturated heterocycles. The number of amides is 1. The number of sulfonamides is 1. The minimum Gasteiger partial charge on any atom is -0.311 e. The Hall–Kier alpha value is -1.96. The van der Waals surface area contributed by atoms with Gasteiger partial charge in [0.15, 0.2) is 0 Å². The second-order valence-corrected chi connectivity index (χ2v) is 8.08. The second-order valence-electron chi connectivity index (χ2n) is 5.94. The standard InChI is InChI=1S/C18H20ClFN2O3S/c1-12-4-5-13(2)18(10-12)26(24,25)21-8-9-22(14(3)23)15-6-7-17(20)16(19)11-15/h4-7,10-11,21H,8-9H2,1-3H3. The highest BCUT2D eigenvalue weighted by Gasteiger charge is 2.18. The molecule has 2 aromatic rings. The van der Waals surface area contributed by atoms with E-state index in [-0.39, 0.29) is 28.9 Å². The summed E-state index contributed by atoms with van der Waals surface area (Å²) in [6, 6.07) is 9.09. The maximum Gasteiger partial charge on any atom is 0.240 e. The molecule has 0 aliphatic carbocycles. The second kappa shape index (κ2) is 8.16. The summed E-state index contributed by atoms with van der Waals surface area (Å²) in [7, 11) is -3.71. The first-order chi connectivity index (χ1) is 12.1. The van der Waals surface area contributed by atoms with Crippen molar-refractivity contribution in [2.24, 2.45) is 0 Å². The lowest BCUT2D eigenvalue weighted by Gasteiger charge is -2.22. The summed E-state index contributed by atoms with van der Waals surface area (Å²) in [6.07, 6.45) is 0. The first kappa shape index (κ1) is 20.4. The summed E-state index contributed by atoms with van der Waals surface area (Å²) in [4.78, 5) is 13.4. The molecule has 0 aliphatic heterocycles. The third kappa shape index (κ3) is 4.81.